The van der Waals surface area contributed by atoms with E-state index in [-0.39, 0.29) is 0 Å². The van der Waals surface area contributed by atoms with Crippen molar-refractivity contribution >= 4 is 49.8 Å². The fourth-order valence-corrected chi connectivity index (χ4v) is 6.80. The highest BCUT2D eigenvalue weighted by atomic mass is 16.3. The van der Waals surface area contributed by atoms with Crippen LogP contribution >= 0.6 is 0 Å². The molecule has 7 aromatic carbocycles. The summed E-state index contributed by atoms with van der Waals surface area (Å²) >= 11 is 0. The predicted molar refractivity (Wildman–Crippen MR) is 200 cm³/mol. The summed E-state index contributed by atoms with van der Waals surface area (Å²) in [5.41, 5.74) is 11.6. The molecule has 0 spiro atoms. The minimum Gasteiger partial charge on any atom is -0.454 e. The van der Waals surface area contributed by atoms with Crippen LogP contribution in [0.25, 0.3) is 66.1 Å². The van der Waals surface area contributed by atoms with Gasteiger partial charge in [-0.1, -0.05) is 133 Å². The summed E-state index contributed by atoms with van der Waals surface area (Å²) < 4.78 is 6.50. The molecule has 226 valence electrons. The van der Waals surface area contributed by atoms with Crippen molar-refractivity contribution in [2.45, 2.75) is 0 Å². The molecule has 0 radical (unpaired) electrons. The van der Waals surface area contributed by atoms with Gasteiger partial charge in [-0.2, -0.15) is 0 Å². The van der Waals surface area contributed by atoms with Crippen LogP contribution in [0.4, 0.5) is 17.1 Å². The fourth-order valence-electron chi connectivity index (χ4n) is 6.80. The SMILES string of the molecule is c1ccc(-c2ccc(N(c3ccc(-c4ccccc4)cc3-c3ccccc3)c3cncc4oc5cc6ccccc6cc5c34)cc2)cc1. The zero-order valence-corrected chi connectivity index (χ0v) is 26.1. The second kappa shape index (κ2) is 11.7. The van der Waals surface area contributed by atoms with Crippen molar-refractivity contribution in [3.05, 3.63) is 182 Å². The van der Waals surface area contributed by atoms with Crippen LogP contribution in [0.3, 0.4) is 0 Å². The zero-order valence-electron chi connectivity index (χ0n) is 26.1. The van der Waals surface area contributed by atoms with Gasteiger partial charge in [-0.25, -0.2) is 0 Å². The molecule has 0 bridgehead atoms. The second-order valence-electron chi connectivity index (χ2n) is 12.0. The summed E-state index contributed by atoms with van der Waals surface area (Å²) in [5.74, 6) is 0. The van der Waals surface area contributed by atoms with Crippen molar-refractivity contribution in [3.8, 4) is 33.4 Å². The van der Waals surface area contributed by atoms with Crippen LogP contribution in [-0.2, 0) is 0 Å². The lowest BCUT2D eigenvalue weighted by Gasteiger charge is -2.29. The molecule has 9 aromatic rings. The van der Waals surface area contributed by atoms with Crippen LogP contribution in [0.15, 0.2) is 187 Å². The third-order valence-corrected chi connectivity index (χ3v) is 9.13. The molecule has 0 unspecified atom stereocenters. The molecule has 48 heavy (non-hydrogen) atoms. The number of aromatic nitrogens is 1. The molecule has 2 aromatic heterocycles. The molecule has 0 amide bonds. The highest BCUT2D eigenvalue weighted by molar-refractivity contribution is 6.16. The van der Waals surface area contributed by atoms with Gasteiger partial charge in [0.2, 0.25) is 0 Å². The maximum absolute atomic E-state index is 6.50. The molecule has 0 saturated carbocycles. The lowest BCUT2D eigenvalue weighted by Crippen LogP contribution is -2.12. The van der Waals surface area contributed by atoms with E-state index in [4.69, 9.17) is 9.40 Å². The summed E-state index contributed by atoms with van der Waals surface area (Å²) in [6, 6.07) is 60.1. The standard InChI is InChI=1S/C45H30N2O/c1-4-12-31(13-5-1)33-20-23-38(24-21-33)47(41-25-22-37(32-14-6-2-7-15-32)26-39(41)34-16-8-3-9-17-34)42-29-46-30-44-45(42)40-27-35-18-10-11-19-36(35)28-43(40)48-44/h1-30H. The van der Waals surface area contributed by atoms with Crippen molar-refractivity contribution in [1.29, 1.82) is 0 Å². The Morgan fingerprint density at radius 3 is 1.67 bits per heavy atom. The normalized spacial score (nSPS) is 11.3. The number of furan rings is 1. The van der Waals surface area contributed by atoms with Gasteiger partial charge in [-0.3, -0.25) is 4.98 Å². The molecule has 0 N–H and O–H groups in total. The van der Waals surface area contributed by atoms with Gasteiger partial charge >= 0.3 is 0 Å². The first-order valence-electron chi connectivity index (χ1n) is 16.2. The van der Waals surface area contributed by atoms with E-state index in [0.29, 0.717) is 0 Å². The smallest absolute Gasteiger partial charge is 0.155 e. The molecule has 0 aliphatic heterocycles. The number of anilines is 3. The Kier molecular flexibility index (Phi) is 6.80. The number of pyridine rings is 1. The molecule has 9 rings (SSSR count). The summed E-state index contributed by atoms with van der Waals surface area (Å²) in [7, 11) is 0. The van der Waals surface area contributed by atoms with E-state index < -0.39 is 0 Å². The van der Waals surface area contributed by atoms with Gasteiger partial charge in [0.25, 0.3) is 0 Å². The predicted octanol–water partition coefficient (Wildman–Crippen LogP) is 12.6. The van der Waals surface area contributed by atoms with E-state index in [1.54, 1.807) is 0 Å². The van der Waals surface area contributed by atoms with Gasteiger partial charge in [0.1, 0.15) is 5.58 Å². The van der Waals surface area contributed by atoms with Gasteiger partial charge in [-0.05, 0) is 75.0 Å². The van der Waals surface area contributed by atoms with E-state index in [9.17, 15) is 0 Å². The van der Waals surface area contributed by atoms with Crippen LogP contribution < -0.4 is 4.90 Å². The molecule has 0 saturated heterocycles. The third-order valence-electron chi connectivity index (χ3n) is 9.13. The fraction of sp³-hybridized carbons (Fsp3) is 0. The van der Waals surface area contributed by atoms with Gasteiger partial charge in [0.05, 0.1) is 29.2 Å². The Morgan fingerprint density at radius 1 is 0.417 bits per heavy atom. The minimum absolute atomic E-state index is 0.755. The summed E-state index contributed by atoms with van der Waals surface area (Å²) in [6.07, 6.45) is 3.80. The van der Waals surface area contributed by atoms with Crippen molar-refractivity contribution in [3.63, 3.8) is 0 Å². The molecule has 2 heterocycles. The average Bonchev–Trinajstić information content (AvgIpc) is 3.53. The van der Waals surface area contributed by atoms with E-state index in [1.165, 1.54) is 22.1 Å². The van der Waals surface area contributed by atoms with Gasteiger partial charge in [0, 0.05) is 16.6 Å². The van der Waals surface area contributed by atoms with Crippen molar-refractivity contribution in [2.24, 2.45) is 0 Å². The molecule has 0 aliphatic carbocycles. The first-order valence-corrected chi connectivity index (χ1v) is 16.2. The summed E-state index contributed by atoms with van der Waals surface area (Å²) in [6.45, 7) is 0. The number of hydrogen-bond donors (Lipinski definition) is 0. The van der Waals surface area contributed by atoms with E-state index in [0.717, 1.165) is 61.1 Å². The van der Waals surface area contributed by atoms with Crippen LogP contribution in [0.5, 0.6) is 0 Å². The molecule has 0 aliphatic rings. The van der Waals surface area contributed by atoms with E-state index in [2.05, 4.69) is 175 Å². The van der Waals surface area contributed by atoms with Gasteiger partial charge in [0.15, 0.2) is 5.58 Å². The number of benzene rings is 7. The monoisotopic (exact) mass is 614 g/mol. The topological polar surface area (TPSA) is 29.3 Å². The van der Waals surface area contributed by atoms with Crippen molar-refractivity contribution < 1.29 is 4.42 Å². The molecular formula is C45H30N2O. The Bertz CT molecular complexity index is 2540. The first kappa shape index (κ1) is 27.8. The number of nitrogens with zero attached hydrogens (tertiary/aromatic N) is 2. The summed E-state index contributed by atoms with van der Waals surface area (Å²) in [4.78, 5) is 7.09. The highest BCUT2D eigenvalue weighted by Crippen LogP contribution is 2.47. The average molecular weight is 615 g/mol. The van der Waals surface area contributed by atoms with Crippen LogP contribution in [0.2, 0.25) is 0 Å². The van der Waals surface area contributed by atoms with E-state index in [1.807, 2.05) is 12.4 Å². The highest BCUT2D eigenvalue weighted by Gasteiger charge is 2.23. The molecule has 3 nitrogen and oxygen atoms in total. The van der Waals surface area contributed by atoms with Gasteiger partial charge < -0.3 is 9.32 Å². The Morgan fingerprint density at radius 2 is 0.979 bits per heavy atom. The van der Waals surface area contributed by atoms with Gasteiger partial charge in [-0.15, -0.1) is 0 Å². The summed E-state index contributed by atoms with van der Waals surface area (Å²) in [5, 5.41) is 4.42. The number of hydrogen-bond acceptors (Lipinski definition) is 3. The molecule has 3 heteroatoms. The lowest BCUT2D eigenvalue weighted by atomic mass is 9.96. The maximum atomic E-state index is 6.50. The lowest BCUT2D eigenvalue weighted by molar-refractivity contribution is 0.667. The Labute approximate surface area is 279 Å². The molecule has 0 fully saturated rings. The first-order chi connectivity index (χ1) is 23.8. The quantitative estimate of drug-likeness (QED) is 0.187. The minimum atomic E-state index is 0.755. The van der Waals surface area contributed by atoms with Crippen molar-refractivity contribution in [1.82, 2.24) is 4.98 Å². The Hall–Kier alpha value is -6.45. The number of fused-ring (bicyclic) bond motifs is 4. The molecular weight excluding hydrogens is 585 g/mol. The molecule has 0 atom stereocenters. The van der Waals surface area contributed by atoms with Crippen LogP contribution in [-0.4, -0.2) is 4.98 Å². The second-order valence-corrected chi connectivity index (χ2v) is 12.0. The van der Waals surface area contributed by atoms with Crippen molar-refractivity contribution in [2.75, 3.05) is 4.90 Å². The Balaban J connectivity index is 1.32. The maximum Gasteiger partial charge on any atom is 0.155 e. The van der Waals surface area contributed by atoms with E-state index >= 15 is 0 Å². The van der Waals surface area contributed by atoms with Crippen LogP contribution in [0, 0.1) is 0 Å². The third kappa shape index (κ3) is 4.90. The number of rotatable bonds is 6. The zero-order chi connectivity index (χ0) is 31.9. The van der Waals surface area contributed by atoms with Crippen LogP contribution in [0.1, 0.15) is 0 Å². The largest absolute Gasteiger partial charge is 0.454 e.